The predicted molar refractivity (Wildman–Crippen MR) is 44.7 cm³/mol. The first-order chi connectivity index (χ1) is 6.16. The maximum absolute atomic E-state index is 10.6. The van der Waals surface area contributed by atoms with Crippen LogP contribution in [0.2, 0.25) is 0 Å². The fourth-order valence-corrected chi connectivity index (χ4v) is 1.13. The van der Waals surface area contributed by atoms with Crippen molar-refractivity contribution in [3.63, 3.8) is 0 Å². The summed E-state index contributed by atoms with van der Waals surface area (Å²) >= 11 is 0. The van der Waals surface area contributed by atoms with Crippen LogP contribution in [0.25, 0.3) is 5.65 Å². The lowest BCUT2D eigenvalue weighted by Crippen LogP contribution is -1.97. The van der Waals surface area contributed by atoms with E-state index in [1.165, 1.54) is 12.1 Å². The van der Waals surface area contributed by atoms with Crippen LogP contribution in [0.1, 0.15) is 16.2 Å². The van der Waals surface area contributed by atoms with Gasteiger partial charge in [-0.1, -0.05) is 0 Å². The Morgan fingerprint density at radius 1 is 1.62 bits per heavy atom. The SMILES string of the molecule is Cc1nc2cc(C(=O)O)ccn2n1. The normalized spacial score (nSPS) is 10.5. The van der Waals surface area contributed by atoms with Gasteiger partial charge in [0, 0.05) is 6.20 Å². The number of hydrogen-bond acceptors (Lipinski definition) is 3. The van der Waals surface area contributed by atoms with Gasteiger partial charge in [-0.25, -0.2) is 14.3 Å². The standard InChI is InChI=1S/C8H7N3O2/c1-5-9-7-4-6(8(12)13)2-3-11(7)10-5/h2-4H,1H3,(H,12,13). The Morgan fingerprint density at radius 2 is 2.38 bits per heavy atom. The predicted octanol–water partition coefficient (Wildman–Crippen LogP) is 0.736. The third-order valence-corrected chi connectivity index (χ3v) is 1.69. The Labute approximate surface area is 73.6 Å². The van der Waals surface area contributed by atoms with Crippen LogP contribution in [0, 0.1) is 6.92 Å². The summed E-state index contributed by atoms with van der Waals surface area (Å²) in [6.45, 7) is 1.76. The van der Waals surface area contributed by atoms with Crippen LogP contribution >= 0.6 is 0 Å². The van der Waals surface area contributed by atoms with Crippen LogP contribution in [0.5, 0.6) is 0 Å². The first-order valence-electron chi connectivity index (χ1n) is 3.73. The van der Waals surface area contributed by atoms with E-state index in [1.807, 2.05) is 0 Å². The zero-order valence-corrected chi connectivity index (χ0v) is 6.93. The molecule has 0 unspecified atom stereocenters. The average molecular weight is 177 g/mol. The number of aryl methyl sites for hydroxylation is 1. The zero-order chi connectivity index (χ0) is 9.42. The highest BCUT2D eigenvalue weighted by Crippen LogP contribution is 2.04. The summed E-state index contributed by atoms with van der Waals surface area (Å²) in [4.78, 5) is 14.6. The van der Waals surface area contributed by atoms with Gasteiger partial charge < -0.3 is 5.11 Å². The van der Waals surface area contributed by atoms with Crippen molar-refractivity contribution in [3.8, 4) is 0 Å². The van der Waals surface area contributed by atoms with Gasteiger partial charge in [-0.3, -0.25) is 0 Å². The van der Waals surface area contributed by atoms with Crippen molar-refractivity contribution in [3.05, 3.63) is 29.7 Å². The van der Waals surface area contributed by atoms with Crippen molar-refractivity contribution in [2.75, 3.05) is 0 Å². The minimum atomic E-state index is -0.955. The van der Waals surface area contributed by atoms with E-state index in [9.17, 15) is 4.79 Å². The van der Waals surface area contributed by atoms with Crippen molar-refractivity contribution >= 4 is 11.6 Å². The molecule has 2 aromatic rings. The van der Waals surface area contributed by atoms with Crippen LogP contribution < -0.4 is 0 Å². The van der Waals surface area contributed by atoms with E-state index in [0.717, 1.165) is 0 Å². The van der Waals surface area contributed by atoms with Crippen LogP contribution in [0.3, 0.4) is 0 Å². The van der Waals surface area contributed by atoms with E-state index in [-0.39, 0.29) is 5.56 Å². The molecule has 0 radical (unpaired) electrons. The Hall–Kier alpha value is -1.91. The number of hydrogen-bond donors (Lipinski definition) is 1. The molecule has 0 spiro atoms. The topological polar surface area (TPSA) is 67.5 Å². The second-order valence-electron chi connectivity index (χ2n) is 2.68. The number of fused-ring (bicyclic) bond motifs is 1. The number of carboxylic acids is 1. The number of nitrogens with zero attached hydrogens (tertiary/aromatic N) is 3. The van der Waals surface area contributed by atoms with Gasteiger partial charge in [0.1, 0.15) is 5.82 Å². The van der Waals surface area contributed by atoms with Gasteiger partial charge in [0.25, 0.3) is 0 Å². The third kappa shape index (κ3) is 1.24. The van der Waals surface area contributed by atoms with E-state index in [2.05, 4.69) is 10.1 Å². The second kappa shape index (κ2) is 2.55. The average Bonchev–Trinajstić information content (AvgIpc) is 2.42. The van der Waals surface area contributed by atoms with Crippen LogP contribution in [-0.4, -0.2) is 25.7 Å². The molecule has 5 heteroatoms. The van der Waals surface area contributed by atoms with E-state index in [4.69, 9.17) is 5.11 Å². The lowest BCUT2D eigenvalue weighted by atomic mass is 10.3. The first kappa shape index (κ1) is 7.72. The van der Waals surface area contributed by atoms with Gasteiger partial charge in [0.05, 0.1) is 5.56 Å². The molecule has 0 aromatic carbocycles. The summed E-state index contributed by atoms with van der Waals surface area (Å²) in [6, 6.07) is 2.98. The van der Waals surface area contributed by atoms with Crippen LogP contribution in [0.4, 0.5) is 0 Å². The van der Waals surface area contributed by atoms with E-state index < -0.39 is 5.97 Å². The third-order valence-electron chi connectivity index (χ3n) is 1.69. The van der Waals surface area contributed by atoms with E-state index >= 15 is 0 Å². The summed E-state index contributed by atoms with van der Waals surface area (Å²) in [6.07, 6.45) is 1.58. The van der Waals surface area contributed by atoms with Crippen LogP contribution in [0.15, 0.2) is 18.3 Å². The maximum atomic E-state index is 10.6. The largest absolute Gasteiger partial charge is 0.478 e. The second-order valence-corrected chi connectivity index (χ2v) is 2.68. The van der Waals surface area contributed by atoms with Crippen molar-refractivity contribution in [2.45, 2.75) is 6.92 Å². The molecule has 2 heterocycles. The van der Waals surface area contributed by atoms with Gasteiger partial charge in [-0.15, -0.1) is 0 Å². The molecule has 0 amide bonds. The van der Waals surface area contributed by atoms with E-state index in [1.54, 1.807) is 17.6 Å². The Balaban J connectivity index is 2.67. The van der Waals surface area contributed by atoms with Crippen molar-refractivity contribution in [2.24, 2.45) is 0 Å². The van der Waals surface area contributed by atoms with Crippen molar-refractivity contribution < 1.29 is 9.90 Å². The van der Waals surface area contributed by atoms with Gasteiger partial charge in [-0.05, 0) is 19.1 Å². The highest BCUT2D eigenvalue weighted by atomic mass is 16.4. The summed E-state index contributed by atoms with van der Waals surface area (Å²) in [5.41, 5.74) is 0.775. The van der Waals surface area contributed by atoms with Gasteiger partial charge in [-0.2, -0.15) is 5.10 Å². The molecule has 0 aliphatic heterocycles. The highest BCUT2D eigenvalue weighted by molar-refractivity contribution is 5.88. The van der Waals surface area contributed by atoms with E-state index in [0.29, 0.717) is 11.5 Å². The Kier molecular flexibility index (Phi) is 1.51. The molecule has 0 atom stereocenters. The Morgan fingerprint density at radius 3 is 3.08 bits per heavy atom. The maximum Gasteiger partial charge on any atom is 0.335 e. The molecule has 0 saturated carbocycles. The summed E-state index contributed by atoms with van der Waals surface area (Å²) in [5.74, 6) is -0.328. The quantitative estimate of drug-likeness (QED) is 0.697. The number of aromatic carboxylic acids is 1. The molecule has 2 rings (SSSR count). The monoisotopic (exact) mass is 177 g/mol. The zero-order valence-electron chi connectivity index (χ0n) is 6.93. The number of pyridine rings is 1. The number of carbonyl (C=O) groups is 1. The molecule has 0 aliphatic rings. The van der Waals surface area contributed by atoms with Crippen molar-refractivity contribution in [1.82, 2.24) is 14.6 Å². The fraction of sp³-hybridized carbons (Fsp3) is 0.125. The van der Waals surface area contributed by atoms with Crippen LogP contribution in [-0.2, 0) is 0 Å². The molecule has 66 valence electrons. The summed E-state index contributed by atoms with van der Waals surface area (Å²) in [7, 11) is 0. The highest BCUT2D eigenvalue weighted by Gasteiger charge is 2.05. The summed E-state index contributed by atoms with van der Waals surface area (Å²) in [5, 5.41) is 12.7. The summed E-state index contributed by atoms with van der Waals surface area (Å²) < 4.78 is 1.54. The molecule has 0 saturated heterocycles. The minimum absolute atomic E-state index is 0.222. The smallest absolute Gasteiger partial charge is 0.335 e. The fourth-order valence-electron chi connectivity index (χ4n) is 1.13. The van der Waals surface area contributed by atoms with Crippen molar-refractivity contribution in [1.29, 1.82) is 0 Å². The molecule has 0 bridgehead atoms. The van der Waals surface area contributed by atoms with Gasteiger partial charge in [0.15, 0.2) is 5.65 Å². The molecule has 2 aromatic heterocycles. The molecule has 13 heavy (non-hydrogen) atoms. The molecule has 0 fully saturated rings. The minimum Gasteiger partial charge on any atom is -0.478 e. The molecule has 0 aliphatic carbocycles. The number of carboxylic acid groups (broad SMARTS) is 1. The molecular formula is C8H7N3O2. The first-order valence-corrected chi connectivity index (χ1v) is 3.73. The number of aromatic nitrogens is 3. The lowest BCUT2D eigenvalue weighted by molar-refractivity contribution is 0.0697. The molecular weight excluding hydrogens is 170 g/mol. The number of rotatable bonds is 1. The lowest BCUT2D eigenvalue weighted by Gasteiger charge is -1.93. The molecule has 5 nitrogen and oxygen atoms in total. The Bertz CT molecular complexity index is 475. The van der Waals surface area contributed by atoms with Gasteiger partial charge >= 0.3 is 5.97 Å². The van der Waals surface area contributed by atoms with Gasteiger partial charge in [0.2, 0.25) is 0 Å². The molecule has 1 N–H and O–H groups in total.